The summed E-state index contributed by atoms with van der Waals surface area (Å²) in [5.74, 6) is -0.642. The molecule has 0 atom stereocenters. The number of hydrogen-bond donors (Lipinski definition) is 1. The molecule has 2 aromatic heterocycles. The summed E-state index contributed by atoms with van der Waals surface area (Å²) < 4.78 is 16.0. The fourth-order valence-corrected chi connectivity index (χ4v) is 3.62. The molecule has 8 nitrogen and oxygen atoms in total. The van der Waals surface area contributed by atoms with Gasteiger partial charge >= 0.3 is 0 Å². The molecule has 0 unspecified atom stereocenters. The third-order valence-corrected chi connectivity index (χ3v) is 4.93. The van der Waals surface area contributed by atoms with E-state index in [-0.39, 0.29) is 16.8 Å². The van der Waals surface area contributed by atoms with Gasteiger partial charge < -0.3 is 5.32 Å². The van der Waals surface area contributed by atoms with E-state index in [0.29, 0.717) is 21.3 Å². The van der Waals surface area contributed by atoms with Gasteiger partial charge in [-0.3, -0.25) is 14.9 Å². The molecule has 0 spiro atoms. The van der Waals surface area contributed by atoms with E-state index in [1.165, 1.54) is 46.4 Å². The first kappa shape index (κ1) is 17.7. The Hall–Kier alpha value is -3.66. The molecule has 28 heavy (non-hydrogen) atoms. The molecule has 2 aromatic carbocycles. The highest BCUT2D eigenvalue weighted by molar-refractivity contribution is 7.20. The lowest BCUT2D eigenvalue weighted by Crippen LogP contribution is -2.15. The van der Waals surface area contributed by atoms with Crippen LogP contribution in [0.15, 0.2) is 48.5 Å². The van der Waals surface area contributed by atoms with E-state index >= 15 is 0 Å². The zero-order valence-electron chi connectivity index (χ0n) is 14.4. The van der Waals surface area contributed by atoms with E-state index in [4.69, 9.17) is 0 Å². The van der Waals surface area contributed by atoms with Crippen LogP contribution in [0.5, 0.6) is 0 Å². The Morgan fingerprint density at radius 2 is 2.04 bits per heavy atom. The highest BCUT2D eigenvalue weighted by Crippen LogP contribution is 2.29. The maximum atomic E-state index is 13.9. The third-order valence-electron chi connectivity index (χ3n) is 3.93. The maximum Gasteiger partial charge on any atom is 0.270 e. The Balaban J connectivity index is 1.70. The van der Waals surface area contributed by atoms with Crippen molar-refractivity contribution in [2.24, 2.45) is 0 Å². The van der Waals surface area contributed by atoms with Crippen molar-refractivity contribution in [2.45, 2.75) is 6.92 Å². The molecule has 2 heterocycles. The molecular weight excluding hydrogens is 385 g/mol. The normalized spacial score (nSPS) is 10.9. The van der Waals surface area contributed by atoms with Crippen LogP contribution in [0.25, 0.3) is 15.3 Å². The van der Waals surface area contributed by atoms with Gasteiger partial charge in [-0.05, 0) is 25.1 Å². The standard InChI is InChI=1S/C18H12FN5O3S/c1-10-8-15(20-17(25)11-4-2-5-12(9-11)24(26)27)23(22-10)18-21-16-13(19)6-3-7-14(16)28-18/h2-9H,1H3,(H,20,25). The van der Waals surface area contributed by atoms with Gasteiger partial charge in [0.2, 0.25) is 5.13 Å². The van der Waals surface area contributed by atoms with Crippen molar-refractivity contribution in [1.82, 2.24) is 14.8 Å². The largest absolute Gasteiger partial charge is 0.306 e. The number of nitrogens with one attached hydrogen (secondary N) is 1. The van der Waals surface area contributed by atoms with E-state index < -0.39 is 16.6 Å². The minimum absolute atomic E-state index is 0.134. The average molecular weight is 397 g/mol. The highest BCUT2D eigenvalue weighted by atomic mass is 32.1. The molecule has 10 heteroatoms. The van der Waals surface area contributed by atoms with Crippen molar-refractivity contribution in [3.8, 4) is 5.13 Å². The average Bonchev–Trinajstić information content (AvgIpc) is 3.26. The number of non-ortho nitro benzene ring substituents is 1. The van der Waals surface area contributed by atoms with Gasteiger partial charge in [0.15, 0.2) is 0 Å². The molecule has 0 fully saturated rings. The molecule has 4 aromatic rings. The first-order valence-corrected chi connectivity index (χ1v) is 8.92. The predicted molar refractivity (Wildman–Crippen MR) is 102 cm³/mol. The van der Waals surface area contributed by atoms with Gasteiger partial charge in [-0.25, -0.2) is 9.37 Å². The second kappa shape index (κ2) is 6.82. The van der Waals surface area contributed by atoms with Crippen LogP contribution in [0, 0.1) is 22.9 Å². The Labute approximate surface area is 161 Å². The second-order valence-electron chi connectivity index (χ2n) is 5.93. The molecular formula is C18H12FN5O3S. The zero-order chi connectivity index (χ0) is 19.8. The van der Waals surface area contributed by atoms with Crippen LogP contribution in [-0.4, -0.2) is 25.6 Å². The number of anilines is 1. The predicted octanol–water partition coefficient (Wildman–Crippen LogP) is 4.09. The zero-order valence-corrected chi connectivity index (χ0v) is 15.2. The summed E-state index contributed by atoms with van der Waals surface area (Å²) in [7, 11) is 0. The number of fused-ring (bicyclic) bond motifs is 1. The first-order valence-electron chi connectivity index (χ1n) is 8.10. The quantitative estimate of drug-likeness (QED) is 0.413. The van der Waals surface area contributed by atoms with Crippen LogP contribution >= 0.6 is 11.3 Å². The number of carbonyl (C=O) groups is 1. The number of nitrogens with zero attached hydrogens (tertiary/aromatic N) is 4. The fraction of sp³-hybridized carbons (Fsp3) is 0.0556. The summed E-state index contributed by atoms with van der Waals surface area (Å²) in [6.07, 6.45) is 0. The lowest BCUT2D eigenvalue weighted by molar-refractivity contribution is -0.384. The van der Waals surface area contributed by atoms with Crippen molar-refractivity contribution in [3.05, 3.63) is 75.7 Å². The SMILES string of the molecule is Cc1cc(NC(=O)c2cccc([N+](=O)[O-])c2)n(-c2nc3c(F)cccc3s2)n1. The molecule has 140 valence electrons. The van der Waals surface area contributed by atoms with Crippen molar-refractivity contribution in [2.75, 3.05) is 5.32 Å². The summed E-state index contributed by atoms with van der Waals surface area (Å²) in [6, 6.07) is 11.7. The van der Waals surface area contributed by atoms with Gasteiger partial charge in [-0.2, -0.15) is 9.78 Å². The topological polar surface area (TPSA) is 103 Å². The molecule has 0 aliphatic carbocycles. The number of amides is 1. The van der Waals surface area contributed by atoms with Gasteiger partial charge in [0, 0.05) is 23.8 Å². The van der Waals surface area contributed by atoms with Gasteiger partial charge in [-0.15, -0.1) is 0 Å². The maximum absolute atomic E-state index is 13.9. The number of rotatable bonds is 4. The number of para-hydroxylation sites is 1. The van der Waals surface area contributed by atoms with Crippen molar-refractivity contribution < 1.29 is 14.1 Å². The molecule has 1 amide bonds. The molecule has 0 aliphatic heterocycles. The number of aromatic nitrogens is 3. The van der Waals surface area contributed by atoms with Gasteiger partial charge in [-0.1, -0.05) is 23.5 Å². The van der Waals surface area contributed by atoms with E-state index in [9.17, 15) is 19.3 Å². The molecule has 0 saturated heterocycles. The Kier molecular flexibility index (Phi) is 4.32. The molecule has 0 aliphatic rings. The Morgan fingerprint density at radius 3 is 2.79 bits per heavy atom. The smallest absolute Gasteiger partial charge is 0.270 e. The monoisotopic (exact) mass is 397 g/mol. The number of aryl methyl sites for hydroxylation is 1. The molecule has 1 N–H and O–H groups in total. The second-order valence-corrected chi connectivity index (χ2v) is 6.94. The summed E-state index contributed by atoms with van der Waals surface area (Å²) in [6.45, 7) is 1.74. The summed E-state index contributed by atoms with van der Waals surface area (Å²) >= 11 is 1.23. The van der Waals surface area contributed by atoms with E-state index in [0.717, 1.165) is 0 Å². The third kappa shape index (κ3) is 3.21. The van der Waals surface area contributed by atoms with Crippen LogP contribution in [-0.2, 0) is 0 Å². The summed E-state index contributed by atoms with van der Waals surface area (Å²) in [5.41, 5.74) is 0.801. The van der Waals surface area contributed by atoms with Crippen LogP contribution in [0.4, 0.5) is 15.9 Å². The Morgan fingerprint density at radius 1 is 1.25 bits per heavy atom. The number of hydrogen-bond acceptors (Lipinski definition) is 6. The Bertz CT molecular complexity index is 1230. The lowest BCUT2D eigenvalue weighted by Gasteiger charge is -2.06. The fourth-order valence-electron chi connectivity index (χ4n) is 2.68. The molecule has 4 rings (SSSR count). The number of halogens is 1. The highest BCUT2D eigenvalue weighted by Gasteiger charge is 2.17. The van der Waals surface area contributed by atoms with Crippen LogP contribution in [0.1, 0.15) is 16.1 Å². The summed E-state index contributed by atoms with van der Waals surface area (Å²) in [4.78, 5) is 27.2. The number of nitro groups is 1. The molecule has 0 bridgehead atoms. The minimum atomic E-state index is -0.569. The van der Waals surface area contributed by atoms with Gasteiger partial charge in [0.1, 0.15) is 17.2 Å². The number of nitro benzene ring substituents is 1. The van der Waals surface area contributed by atoms with Crippen LogP contribution in [0.3, 0.4) is 0 Å². The van der Waals surface area contributed by atoms with Gasteiger partial charge in [0.25, 0.3) is 11.6 Å². The van der Waals surface area contributed by atoms with Crippen molar-refractivity contribution >= 4 is 39.0 Å². The van der Waals surface area contributed by atoms with Crippen molar-refractivity contribution in [1.29, 1.82) is 0 Å². The van der Waals surface area contributed by atoms with Crippen LogP contribution in [0.2, 0.25) is 0 Å². The number of benzene rings is 2. The van der Waals surface area contributed by atoms with Crippen LogP contribution < -0.4 is 5.32 Å². The van der Waals surface area contributed by atoms with Gasteiger partial charge in [0.05, 0.1) is 15.3 Å². The number of carbonyl (C=O) groups excluding carboxylic acids is 1. The number of thiazole rings is 1. The molecule has 0 saturated carbocycles. The molecule has 0 radical (unpaired) electrons. The lowest BCUT2D eigenvalue weighted by atomic mass is 10.2. The minimum Gasteiger partial charge on any atom is -0.306 e. The van der Waals surface area contributed by atoms with Crippen molar-refractivity contribution in [3.63, 3.8) is 0 Å². The summed E-state index contributed by atoms with van der Waals surface area (Å²) in [5, 5.41) is 18.3. The first-order chi connectivity index (χ1) is 13.4. The van der Waals surface area contributed by atoms with E-state index in [2.05, 4.69) is 15.4 Å². The van der Waals surface area contributed by atoms with E-state index in [1.807, 2.05) is 0 Å². The van der Waals surface area contributed by atoms with E-state index in [1.54, 1.807) is 25.1 Å².